The molecule has 1 amide bonds. The number of carbonyl (C=O) groups excluding carboxylic acids is 1. The van der Waals surface area contributed by atoms with E-state index in [0.29, 0.717) is 22.5 Å². The average Bonchev–Trinajstić information content (AvgIpc) is 3.07. The van der Waals surface area contributed by atoms with Crippen molar-refractivity contribution in [1.29, 1.82) is 0 Å². The molecule has 2 aromatic rings. The number of halogens is 1. The predicted octanol–water partition coefficient (Wildman–Crippen LogP) is 3.06. The van der Waals surface area contributed by atoms with Gasteiger partial charge in [0.2, 0.25) is 11.8 Å². The fourth-order valence-corrected chi connectivity index (χ4v) is 2.75. The van der Waals surface area contributed by atoms with Gasteiger partial charge in [0.25, 0.3) is 5.91 Å². The molecule has 3 rings (SSSR count). The largest absolute Gasteiger partial charge is 0.467 e. The Bertz CT molecular complexity index is 732. The van der Waals surface area contributed by atoms with E-state index in [1.54, 1.807) is 30.3 Å². The van der Waals surface area contributed by atoms with Crippen LogP contribution >= 0.6 is 11.6 Å². The van der Waals surface area contributed by atoms with E-state index >= 15 is 0 Å². The van der Waals surface area contributed by atoms with Gasteiger partial charge in [-0.05, 0) is 38.0 Å². The summed E-state index contributed by atoms with van der Waals surface area (Å²) in [5, 5.41) is 3.30. The number of ether oxygens (including phenoxy) is 1. The molecule has 0 radical (unpaired) electrons. The van der Waals surface area contributed by atoms with Crippen LogP contribution in [0, 0.1) is 6.92 Å². The summed E-state index contributed by atoms with van der Waals surface area (Å²) in [4.78, 5) is 23.0. The number of hydrogen-bond acceptors (Lipinski definition) is 5. The highest BCUT2D eigenvalue weighted by atomic mass is 35.5. The molecule has 0 saturated carbocycles. The zero-order chi connectivity index (χ0) is 16.9. The van der Waals surface area contributed by atoms with E-state index < -0.39 is 0 Å². The minimum atomic E-state index is -0.267. The van der Waals surface area contributed by atoms with Crippen LogP contribution in [0.3, 0.4) is 0 Å². The molecule has 24 heavy (non-hydrogen) atoms. The SMILES string of the molecule is Cc1cc(OCC(=O)Nc2cccc(Cl)c2)nc(N2CCCC2)n1. The highest BCUT2D eigenvalue weighted by Crippen LogP contribution is 2.20. The number of nitrogens with one attached hydrogen (secondary N) is 1. The van der Waals surface area contributed by atoms with Crippen LogP contribution in [0.2, 0.25) is 5.02 Å². The van der Waals surface area contributed by atoms with E-state index in [4.69, 9.17) is 16.3 Å². The van der Waals surface area contributed by atoms with E-state index in [9.17, 15) is 4.79 Å². The van der Waals surface area contributed by atoms with Crippen LogP contribution in [0.1, 0.15) is 18.5 Å². The topological polar surface area (TPSA) is 67.3 Å². The lowest BCUT2D eigenvalue weighted by atomic mass is 10.3. The van der Waals surface area contributed by atoms with Crippen molar-refractivity contribution in [2.45, 2.75) is 19.8 Å². The second kappa shape index (κ2) is 7.49. The number of aromatic nitrogens is 2. The van der Waals surface area contributed by atoms with Crippen LogP contribution in [-0.2, 0) is 4.79 Å². The Balaban J connectivity index is 1.60. The summed E-state index contributed by atoms with van der Waals surface area (Å²) in [6.45, 7) is 3.68. The van der Waals surface area contributed by atoms with Crippen molar-refractivity contribution in [3.05, 3.63) is 41.0 Å². The van der Waals surface area contributed by atoms with E-state index in [-0.39, 0.29) is 12.5 Å². The normalized spacial score (nSPS) is 13.8. The number of aryl methyl sites for hydroxylation is 1. The van der Waals surface area contributed by atoms with Gasteiger partial charge in [-0.2, -0.15) is 4.98 Å². The smallest absolute Gasteiger partial charge is 0.262 e. The van der Waals surface area contributed by atoms with Crippen LogP contribution < -0.4 is 15.0 Å². The molecule has 1 saturated heterocycles. The molecule has 0 unspecified atom stereocenters. The Kier molecular flexibility index (Phi) is 5.15. The third-order valence-corrected chi connectivity index (χ3v) is 3.90. The highest BCUT2D eigenvalue weighted by molar-refractivity contribution is 6.30. The van der Waals surface area contributed by atoms with Crippen LogP contribution in [0.15, 0.2) is 30.3 Å². The Morgan fingerprint density at radius 1 is 1.29 bits per heavy atom. The van der Waals surface area contributed by atoms with Gasteiger partial charge in [0, 0.05) is 35.6 Å². The van der Waals surface area contributed by atoms with Crippen molar-refractivity contribution in [1.82, 2.24) is 9.97 Å². The Morgan fingerprint density at radius 3 is 2.83 bits per heavy atom. The molecule has 0 bridgehead atoms. The molecule has 0 atom stereocenters. The number of nitrogens with zero attached hydrogens (tertiary/aromatic N) is 3. The molecular formula is C17H19ClN4O2. The maximum atomic E-state index is 12.0. The van der Waals surface area contributed by atoms with E-state index in [1.165, 1.54) is 0 Å². The average molecular weight is 347 g/mol. The molecule has 7 heteroatoms. The Labute approximate surface area is 145 Å². The maximum Gasteiger partial charge on any atom is 0.262 e. The van der Waals surface area contributed by atoms with Crippen LogP contribution in [0.25, 0.3) is 0 Å². The number of rotatable bonds is 5. The molecule has 1 aromatic carbocycles. The zero-order valence-corrected chi connectivity index (χ0v) is 14.2. The summed E-state index contributed by atoms with van der Waals surface area (Å²) in [7, 11) is 0. The molecule has 1 aromatic heterocycles. The second-order valence-electron chi connectivity index (χ2n) is 5.69. The summed E-state index contributed by atoms with van der Waals surface area (Å²) >= 11 is 5.89. The summed E-state index contributed by atoms with van der Waals surface area (Å²) in [5.74, 6) is 0.805. The van der Waals surface area contributed by atoms with Crippen molar-refractivity contribution in [2.75, 3.05) is 29.9 Å². The van der Waals surface area contributed by atoms with Crippen molar-refractivity contribution in [3.8, 4) is 5.88 Å². The fourth-order valence-electron chi connectivity index (χ4n) is 2.56. The van der Waals surface area contributed by atoms with Crippen LogP contribution in [-0.4, -0.2) is 35.6 Å². The lowest BCUT2D eigenvalue weighted by molar-refractivity contribution is -0.118. The summed E-state index contributed by atoms with van der Waals surface area (Å²) in [6.07, 6.45) is 2.30. The van der Waals surface area contributed by atoms with E-state index in [2.05, 4.69) is 20.2 Å². The quantitative estimate of drug-likeness (QED) is 0.901. The van der Waals surface area contributed by atoms with Gasteiger partial charge in [-0.3, -0.25) is 4.79 Å². The first kappa shape index (κ1) is 16.5. The molecular weight excluding hydrogens is 328 g/mol. The molecule has 126 valence electrons. The first-order valence-corrected chi connectivity index (χ1v) is 8.27. The van der Waals surface area contributed by atoms with Crippen molar-refractivity contribution >= 4 is 29.1 Å². The number of amides is 1. The number of carbonyl (C=O) groups is 1. The molecule has 0 aliphatic carbocycles. The Hall–Kier alpha value is -2.34. The summed E-state index contributed by atoms with van der Waals surface area (Å²) < 4.78 is 5.53. The van der Waals surface area contributed by atoms with Crippen molar-refractivity contribution in [3.63, 3.8) is 0 Å². The van der Waals surface area contributed by atoms with Crippen LogP contribution in [0.4, 0.5) is 11.6 Å². The van der Waals surface area contributed by atoms with Gasteiger partial charge in [0.15, 0.2) is 6.61 Å². The summed E-state index contributed by atoms with van der Waals surface area (Å²) in [6, 6.07) is 8.70. The third-order valence-electron chi connectivity index (χ3n) is 3.67. The van der Waals surface area contributed by atoms with Gasteiger partial charge in [-0.15, -0.1) is 0 Å². The monoisotopic (exact) mass is 346 g/mol. The zero-order valence-electron chi connectivity index (χ0n) is 13.5. The van der Waals surface area contributed by atoms with Crippen molar-refractivity contribution < 1.29 is 9.53 Å². The predicted molar refractivity (Wildman–Crippen MR) is 93.8 cm³/mol. The maximum absolute atomic E-state index is 12.0. The van der Waals surface area contributed by atoms with Crippen molar-refractivity contribution in [2.24, 2.45) is 0 Å². The molecule has 6 nitrogen and oxygen atoms in total. The van der Waals surface area contributed by atoms with Gasteiger partial charge >= 0.3 is 0 Å². The first-order valence-electron chi connectivity index (χ1n) is 7.89. The third kappa shape index (κ3) is 4.35. The minimum absolute atomic E-state index is 0.123. The number of anilines is 2. The number of hydrogen-bond donors (Lipinski definition) is 1. The second-order valence-corrected chi connectivity index (χ2v) is 6.13. The van der Waals surface area contributed by atoms with Gasteiger partial charge < -0.3 is 15.0 Å². The molecule has 2 heterocycles. The molecule has 0 spiro atoms. The lowest BCUT2D eigenvalue weighted by Crippen LogP contribution is -2.23. The summed E-state index contributed by atoms with van der Waals surface area (Å²) in [5.41, 5.74) is 1.45. The molecule has 1 fully saturated rings. The molecule has 1 aliphatic heterocycles. The standard InChI is InChI=1S/C17H19ClN4O2/c1-12-9-16(21-17(19-12)22-7-2-3-8-22)24-11-15(23)20-14-6-4-5-13(18)10-14/h4-6,9-10H,2-3,7-8,11H2,1H3,(H,20,23). The van der Waals surface area contributed by atoms with Gasteiger partial charge in [-0.25, -0.2) is 4.98 Å². The molecule has 1 aliphatic rings. The molecule has 1 N–H and O–H groups in total. The number of benzene rings is 1. The lowest BCUT2D eigenvalue weighted by Gasteiger charge is -2.16. The Morgan fingerprint density at radius 2 is 2.08 bits per heavy atom. The van der Waals surface area contributed by atoms with E-state index in [0.717, 1.165) is 31.6 Å². The first-order chi connectivity index (χ1) is 11.6. The fraction of sp³-hybridized carbons (Fsp3) is 0.353. The highest BCUT2D eigenvalue weighted by Gasteiger charge is 2.16. The van der Waals surface area contributed by atoms with E-state index in [1.807, 2.05) is 6.92 Å². The minimum Gasteiger partial charge on any atom is -0.467 e. The van der Waals surface area contributed by atoms with Gasteiger partial charge in [0.05, 0.1) is 0 Å². The van der Waals surface area contributed by atoms with Crippen LogP contribution in [0.5, 0.6) is 5.88 Å². The van der Waals surface area contributed by atoms with Gasteiger partial charge in [0.1, 0.15) is 0 Å². The van der Waals surface area contributed by atoms with Gasteiger partial charge in [-0.1, -0.05) is 17.7 Å².